The van der Waals surface area contributed by atoms with Gasteiger partial charge in [-0.3, -0.25) is 4.57 Å². The molecule has 42 heavy (non-hydrogen) atoms. The highest BCUT2D eigenvalue weighted by molar-refractivity contribution is 7.99. The van der Waals surface area contributed by atoms with Crippen molar-refractivity contribution in [2.45, 2.75) is 55.9 Å². The Labute approximate surface area is 251 Å². The van der Waals surface area contributed by atoms with Gasteiger partial charge in [-0.05, 0) is 85.5 Å². The smallest absolute Gasteiger partial charge is 0.250 e. The highest BCUT2D eigenvalue weighted by Crippen LogP contribution is 2.37. The molecule has 7 rings (SSSR count). The Hall–Kier alpha value is -4.35. The van der Waals surface area contributed by atoms with E-state index < -0.39 is 0 Å². The Bertz CT molecular complexity index is 2090. The molecule has 0 saturated carbocycles. The van der Waals surface area contributed by atoms with E-state index in [9.17, 15) is 0 Å². The van der Waals surface area contributed by atoms with Crippen LogP contribution in [-0.2, 0) is 5.41 Å². The summed E-state index contributed by atoms with van der Waals surface area (Å²) < 4.78 is 6.95. The second-order valence-corrected chi connectivity index (χ2v) is 13.4. The lowest BCUT2D eigenvalue weighted by Crippen LogP contribution is -2.34. The molecule has 0 bridgehead atoms. The van der Waals surface area contributed by atoms with Crippen LogP contribution >= 0.6 is 11.8 Å². The number of pyridine rings is 1. The zero-order chi connectivity index (χ0) is 29.0. The molecule has 0 radical (unpaired) electrons. The third-order valence-electron chi connectivity index (χ3n) is 8.03. The molecule has 0 aliphatic heterocycles. The molecule has 0 saturated heterocycles. The van der Waals surface area contributed by atoms with Gasteiger partial charge in [-0.2, -0.15) is 4.57 Å². The summed E-state index contributed by atoms with van der Waals surface area (Å²) in [5.41, 5.74) is 7.28. The molecule has 0 atom stereocenters. The first kappa shape index (κ1) is 26.5. The maximum Gasteiger partial charge on any atom is 0.250 e. The zero-order valence-electron chi connectivity index (χ0n) is 24.7. The molecule has 0 fully saturated rings. The Balaban J connectivity index is 1.32. The second kappa shape index (κ2) is 10.2. The number of nitrogens with zero attached hydrogens (tertiary/aromatic N) is 4. The second-order valence-electron chi connectivity index (χ2n) is 12.3. The minimum absolute atomic E-state index is 0.0436. The monoisotopic (exact) mass is 567 g/mol. The van der Waals surface area contributed by atoms with Gasteiger partial charge in [0, 0.05) is 26.8 Å². The summed E-state index contributed by atoms with van der Waals surface area (Å²) in [5, 5.41) is 2.48. The van der Waals surface area contributed by atoms with Crippen molar-refractivity contribution >= 4 is 44.6 Å². The molecule has 0 aliphatic rings. The third-order valence-corrected chi connectivity index (χ3v) is 9.01. The number of benzene rings is 4. The van der Waals surface area contributed by atoms with Crippen molar-refractivity contribution in [3.63, 3.8) is 0 Å². The Kier molecular flexibility index (Phi) is 6.43. The van der Waals surface area contributed by atoms with Crippen LogP contribution in [0, 0.1) is 0 Å². The van der Waals surface area contributed by atoms with Crippen LogP contribution in [0.3, 0.4) is 0 Å². The minimum atomic E-state index is 0.0436. The molecule has 0 N–H and O–H groups in total. The Morgan fingerprint density at radius 3 is 2.26 bits per heavy atom. The molecule has 5 heteroatoms. The summed E-state index contributed by atoms with van der Waals surface area (Å²) in [4.78, 5) is 7.25. The fourth-order valence-corrected chi connectivity index (χ4v) is 6.76. The summed E-state index contributed by atoms with van der Waals surface area (Å²) in [7, 11) is 0. The van der Waals surface area contributed by atoms with E-state index in [1.165, 1.54) is 48.2 Å². The van der Waals surface area contributed by atoms with Crippen molar-refractivity contribution < 1.29 is 4.57 Å². The van der Waals surface area contributed by atoms with Crippen LogP contribution in [0.4, 0.5) is 0 Å². The molecule has 3 heterocycles. The normalized spacial score (nSPS) is 12.2. The van der Waals surface area contributed by atoms with Gasteiger partial charge in [0.25, 0.3) is 0 Å². The molecule has 208 valence electrons. The van der Waals surface area contributed by atoms with Gasteiger partial charge in [-0.25, -0.2) is 9.55 Å². The lowest BCUT2D eigenvalue weighted by atomic mass is 9.88. The van der Waals surface area contributed by atoms with Crippen LogP contribution in [0.15, 0.2) is 125 Å². The highest BCUT2D eigenvalue weighted by atomic mass is 32.2. The predicted octanol–water partition coefficient (Wildman–Crippen LogP) is 9.44. The highest BCUT2D eigenvalue weighted by Gasteiger charge is 2.20. The van der Waals surface area contributed by atoms with Crippen molar-refractivity contribution in [1.29, 1.82) is 0 Å². The standard InChI is InChI=1S/C37H35N4S/c1-25(2)39-24-40(34-16-9-8-15-33(34)39)27-11-10-12-28(22-27)42-29-17-18-31-30-13-6-7-14-32(30)41(35(31)23-29)36-21-26(19-20-38-36)37(3,4)5/h6-25H,1-5H3/q+1. The largest absolute Gasteiger partial charge is 0.294 e. The van der Waals surface area contributed by atoms with Gasteiger partial charge in [0.05, 0.1) is 17.1 Å². The quantitative estimate of drug-likeness (QED) is 0.194. The molecule has 0 spiro atoms. The maximum absolute atomic E-state index is 4.85. The summed E-state index contributed by atoms with van der Waals surface area (Å²) in [5.74, 6) is 0.954. The first-order valence-electron chi connectivity index (χ1n) is 14.6. The van der Waals surface area contributed by atoms with Gasteiger partial charge in [-0.1, -0.05) is 75.0 Å². The van der Waals surface area contributed by atoms with Gasteiger partial charge in [0.15, 0.2) is 11.0 Å². The van der Waals surface area contributed by atoms with Crippen LogP contribution in [0.25, 0.3) is 44.3 Å². The molecule has 0 aliphatic carbocycles. The van der Waals surface area contributed by atoms with Crippen molar-refractivity contribution in [3.05, 3.63) is 121 Å². The van der Waals surface area contributed by atoms with E-state index in [0.29, 0.717) is 6.04 Å². The van der Waals surface area contributed by atoms with E-state index in [0.717, 1.165) is 11.5 Å². The fourth-order valence-electron chi connectivity index (χ4n) is 5.85. The van der Waals surface area contributed by atoms with Crippen molar-refractivity contribution in [2.75, 3.05) is 0 Å². The summed E-state index contributed by atoms with van der Waals surface area (Å²) in [6.07, 6.45) is 4.16. The van der Waals surface area contributed by atoms with Gasteiger partial charge in [0.1, 0.15) is 11.5 Å². The molecule has 3 aromatic heterocycles. The maximum atomic E-state index is 4.85. The van der Waals surface area contributed by atoms with Crippen molar-refractivity contribution in [2.24, 2.45) is 0 Å². The van der Waals surface area contributed by atoms with E-state index in [1.807, 2.05) is 6.20 Å². The van der Waals surface area contributed by atoms with E-state index >= 15 is 0 Å². The predicted molar refractivity (Wildman–Crippen MR) is 175 cm³/mol. The van der Waals surface area contributed by atoms with Crippen LogP contribution in [-0.4, -0.2) is 14.1 Å². The van der Waals surface area contributed by atoms with E-state index in [1.54, 1.807) is 11.8 Å². The molecule has 4 aromatic carbocycles. The van der Waals surface area contributed by atoms with Gasteiger partial charge < -0.3 is 0 Å². The number of imidazole rings is 1. The average Bonchev–Trinajstić information content (AvgIpc) is 3.53. The van der Waals surface area contributed by atoms with E-state index in [2.05, 4.69) is 158 Å². The molecule has 4 nitrogen and oxygen atoms in total. The molecule has 0 amide bonds. The summed E-state index contributed by atoms with van der Waals surface area (Å²) in [6, 6.07) is 37.7. The van der Waals surface area contributed by atoms with Gasteiger partial charge in [-0.15, -0.1) is 0 Å². The molecule has 0 unspecified atom stereocenters. The fraction of sp³-hybridized carbons (Fsp3) is 0.189. The third kappa shape index (κ3) is 4.58. The topological polar surface area (TPSA) is 26.6 Å². The lowest BCUT2D eigenvalue weighted by molar-refractivity contribution is -0.691. The SMILES string of the molecule is CC(C)[n+]1cn(-c2cccc(Sc3ccc4c5ccccc5n(-c5cc(C(C)(C)C)ccn5)c4c3)c2)c2ccccc21. The number of para-hydroxylation sites is 3. The van der Waals surface area contributed by atoms with Crippen LogP contribution < -0.4 is 4.57 Å². The minimum Gasteiger partial charge on any atom is -0.294 e. The van der Waals surface area contributed by atoms with Crippen LogP contribution in [0.1, 0.15) is 46.2 Å². The number of aromatic nitrogens is 4. The first-order valence-corrected chi connectivity index (χ1v) is 15.4. The Morgan fingerprint density at radius 2 is 1.45 bits per heavy atom. The number of hydrogen-bond donors (Lipinski definition) is 0. The summed E-state index contributed by atoms with van der Waals surface area (Å²) >= 11 is 1.80. The van der Waals surface area contributed by atoms with Crippen LogP contribution in [0.2, 0.25) is 0 Å². The zero-order valence-corrected chi connectivity index (χ0v) is 25.6. The summed E-state index contributed by atoms with van der Waals surface area (Å²) in [6.45, 7) is 11.2. The van der Waals surface area contributed by atoms with E-state index in [4.69, 9.17) is 4.98 Å². The lowest BCUT2D eigenvalue weighted by Gasteiger charge is -2.20. The van der Waals surface area contributed by atoms with E-state index in [-0.39, 0.29) is 5.41 Å². The molecular weight excluding hydrogens is 533 g/mol. The first-order chi connectivity index (χ1) is 20.3. The number of fused-ring (bicyclic) bond motifs is 4. The van der Waals surface area contributed by atoms with Gasteiger partial charge in [0.2, 0.25) is 6.33 Å². The van der Waals surface area contributed by atoms with Crippen LogP contribution in [0.5, 0.6) is 0 Å². The number of rotatable bonds is 5. The average molecular weight is 568 g/mol. The van der Waals surface area contributed by atoms with Crippen molar-refractivity contribution in [1.82, 2.24) is 14.1 Å². The molecule has 7 aromatic rings. The molecular formula is C37H35N4S+. The van der Waals surface area contributed by atoms with Gasteiger partial charge >= 0.3 is 0 Å². The Morgan fingerprint density at radius 1 is 0.714 bits per heavy atom. The van der Waals surface area contributed by atoms with Crippen molar-refractivity contribution in [3.8, 4) is 11.5 Å². The number of hydrogen-bond acceptors (Lipinski definition) is 2.